The number of amides is 1. The molecule has 7 nitrogen and oxygen atoms in total. The third kappa shape index (κ3) is 3.09. The molecule has 3 atom stereocenters. The Balaban J connectivity index is 1.36. The molecule has 2 aromatic heterocycles. The fraction of sp³-hybridized carbons (Fsp3) is 0.471. The molecule has 8 heteroatoms. The number of rotatable bonds is 4. The Labute approximate surface area is 144 Å². The summed E-state index contributed by atoms with van der Waals surface area (Å²) >= 11 is 0. The molecular weight excluding hydrogens is 325 g/mol. The molecule has 1 amide bonds. The van der Waals surface area contributed by atoms with Crippen LogP contribution in [0.25, 0.3) is 0 Å². The van der Waals surface area contributed by atoms with Gasteiger partial charge in [-0.2, -0.15) is 0 Å². The lowest BCUT2D eigenvalue weighted by Gasteiger charge is -2.20. The Bertz CT molecular complexity index is 763. The van der Waals surface area contributed by atoms with Gasteiger partial charge < -0.3 is 19.5 Å². The fourth-order valence-corrected chi connectivity index (χ4v) is 3.65. The van der Waals surface area contributed by atoms with Crippen LogP contribution in [-0.2, 0) is 11.8 Å². The maximum Gasteiger partial charge on any atom is 0.267 e. The fourth-order valence-electron chi connectivity index (χ4n) is 3.65. The zero-order valence-electron chi connectivity index (χ0n) is 13.9. The highest BCUT2D eigenvalue weighted by atomic mass is 19.1. The quantitative estimate of drug-likeness (QED) is 0.889. The van der Waals surface area contributed by atoms with E-state index in [0.29, 0.717) is 37.3 Å². The number of fused-ring (bicyclic) bond motifs is 1. The monoisotopic (exact) mass is 345 g/mol. The van der Waals surface area contributed by atoms with Gasteiger partial charge in [-0.25, -0.2) is 14.4 Å². The number of halogens is 1. The van der Waals surface area contributed by atoms with E-state index in [1.807, 2.05) is 24.2 Å². The van der Waals surface area contributed by atoms with Gasteiger partial charge in [-0.1, -0.05) is 0 Å². The molecule has 0 aliphatic carbocycles. The molecule has 4 rings (SSSR count). The number of nitrogens with one attached hydrogen (secondary N) is 1. The van der Waals surface area contributed by atoms with E-state index in [-0.39, 0.29) is 17.9 Å². The van der Waals surface area contributed by atoms with Crippen LogP contribution >= 0.6 is 0 Å². The summed E-state index contributed by atoms with van der Waals surface area (Å²) < 4.78 is 20.7. The minimum atomic E-state index is -0.444. The average molecular weight is 345 g/mol. The minimum Gasteiger partial charge on any atom is -0.376 e. The van der Waals surface area contributed by atoms with Gasteiger partial charge in [0.1, 0.15) is 5.69 Å². The second-order valence-corrected chi connectivity index (χ2v) is 6.62. The van der Waals surface area contributed by atoms with Crippen molar-refractivity contribution in [2.24, 2.45) is 18.9 Å². The van der Waals surface area contributed by atoms with Gasteiger partial charge in [0.15, 0.2) is 5.82 Å². The summed E-state index contributed by atoms with van der Waals surface area (Å²) in [5.41, 5.74) is 0.642. The van der Waals surface area contributed by atoms with E-state index in [9.17, 15) is 9.18 Å². The zero-order valence-corrected chi connectivity index (χ0v) is 13.9. The Kier molecular flexibility index (Phi) is 4.12. The second kappa shape index (κ2) is 6.44. The van der Waals surface area contributed by atoms with Crippen LogP contribution in [-0.4, -0.2) is 52.8 Å². The maximum absolute atomic E-state index is 13.0. The molecule has 4 heterocycles. The first-order valence-corrected chi connectivity index (χ1v) is 8.35. The smallest absolute Gasteiger partial charge is 0.267 e. The van der Waals surface area contributed by atoms with Crippen molar-refractivity contribution in [1.82, 2.24) is 19.9 Å². The van der Waals surface area contributed by atoms with Gasteiger partial charge in [-0.05, 0) is 12.1 Å². The number of carbonyl (C=O) groups is 1. The molecule has 0 unspecified atom stereocenters. The van der Waals surface area contributed by atoms with Crippen molar-refractivity contribution in [3.63, 3.8) is 0 Å². The number of aromatic nitrogens is 3. The van der Waals surface area contributed by atoms with Gasteiger partial charge in [0.2, 0.25) is 5.95 Å². The van der Waals surface area contributed by atoms with Crippen LogP contribution in [0.4, 0.5) is 10.3 Å². The normalized spacial score (nSPS) is 25.2. The highest BCUT2D eigenvalue weighted by molar-refractivity contribution is 5.92. The number of carbonyl (C=O) groups excluding carboxylic acids is 1. The molecule has 0 aromatic carbocycles. The van der Waals surface area contributed by atoms with Gasteiger partial charge in [-0.15, -0.1) is 0 Å². The lowest BCUT2D eigenvalue weighted by molar-refractivity contribution is 0.0932. The van der Waals surface area contributed by atoms with Crippen molar-refractivity contribution < 1.29 is 13.9 Å². The Hall–Kier alpha value is -2.48. The van der Waals surface area contributed by atoms with Gasteiger partial charge in [-0.3, -0.25) is 4.79 Å². The molecule has 1 N–H and O–H groups in total. The van der Waals surface area contributed by atoms with Crippen LogP contribution in [0.2, 0.25) is 0 Å². The van der Waals surface area contributed by atoms with E-state index < -0.39 is 5.82 Å². The molecule has 132 valence electrons. The maximum atomic E-state index is 13.0. The van der Waals surface area contributed by atoms with Crippen LogP contribution in [0.3, 0.4) is 0 Å². The third-order valence-corrected chi connectivity index (χ3v) is 5.03. The Morgan fingerprint density at radius 2 is 2.20 bits per heavy atom. The first-order valence-electron chi connectivity index (χ1n) is 8.35. The summed E-state index contributed by atoms with van der Waals surface area (Å²) in [5, 5.41) is 3.00. The average Bonchev–Trinajstić information content (AvgIpc) is 3.29. The van der Waals surface area contributed by atoms with E-state index in [1.54, 1.807) is 10.6 Å². The van der Waals surface area contributed by atoms with Crippen molar-refractivity contribution in [3.8, 4) is 0 Å². The van der Waals surface area contributed by atoms with E-state index in [0.717, 1.165) is 6.54 Å². The van der Waals surface area contributed by atoms with Crippen molar-refractivity contribution in [2.75, 3.05) is 31.1 Å². The molecule has 25 heavy (non-hydrogen) atoms. The van der Waals surface area contributed by atoms with Crippen molar-refractivity contribution in [2.45, 2.75) is 6.10 Å². The predicted molar refractivity (Wildman–Crippen MR) is 88.7 cm³/mol. The summed E-state index contributed by atoms with van der Waals surface area (Å²) in [6, 6.07) is 3.65. The van der Waals surface area contributed by atoms with Crippen LogP contribution in [0.15, 0.2) is 30.7 Å². The summed E-state index contributed by atoms with van der Waals surface area (Å²) in [7, 11) is 1.85. The van der Waals surface area contributed by atoms with E-state index in [2.05, 4.69) is 15.3 Å². The number of hydrogen-bond acceptors (Lipinski definition) is 5. The van der Waals surface area contributed by atoms with Crippen LogP contribution < -0.4 is 10.2 Å². The molecular formula is C17H20FN5O2. The number of anilines is 1. The zero-order chi connectivity index (χ0) is 17.4. The van der Waals surface area contributed by atoms with Gasteiger partial charge >= 0.3 is 0 Å². The number of ether oxygens (including phenoxy) is 1. The highest BCUT2D eigenvalue weighted by Gasteiger charge is 2.44. The molecule has 0 spiro atoms. The van der Waals surface area contributed by atoms with Crippen LogP contribution in [0.1, 0.15) is 10.5 Å². The molecule has 2 aromatic rings. The Morgan fingerprint density at radius 1 is 1.40 bits per heavy atom. The van der Waals surface area contributed by atoms with Crippen molar-refractivity contribution in [3.05, 3.63) is 42.2 Å². The van der Waals surface area contributed by atoms with E-state index in [4.69, 9.17) is 4.74 Å². The second-order valence-electron chi connectivity index (χ2n) is 6.62. The summed E-state index contributed by atoms with van der Waals surface area (Å²) in [6.45, 7) is 2.66. The number of hydrogen-bond donors (Lipinski definition) is 1. The first kappa shape index (κ1) is 16.0. The third-order valence-electron chi connectivity index (χ3n) is 5.03. The van der Waals surface area contributed by atoms with Gasteiger partial charge in [0, 0.05) is 44.7 Å². The van der Waals surface area contributed by atoms with Crippen molar-refractivity contribution in [1.29, 1.82) is 0 Å². The van der Waals surface area contributed by atoms with Gasteiger partial charge in [0.05, 0.1) is 25.1 Å². The van der Waals surface area contributed by atoms with Gasteiger partial charge in [0.25, 0.3) is 5.91 Å². The molecule has 0 bridgehead atoms. The molecule has 2 aliphatic rings. The Morgan fingerprint density at radius 3 is 2.92 bits per heavy atom. The topological polar surface area (TPSA) is 72.3 Å². The van der Waals surface area contributed by atoms with E-state index in [1.165, 1.54) is 12.4 Å². The number of nitrogens with zero attached hydrogens (tertiary/aromatic N) is 4. The largest absolute Gasteiger partial charge is 0.376 e. The summed E-state index contributed by atoms with van der Waals surface area (Å²) in [6.07, 6.45) is 4.30. The lowest BCUT2D eigenvalue weighted by atomic mass is 9.93. The highest BCUT2D eigenvalue weighted by Crippen LogP contribution is 2.34. The standard InChI is InChI=1S/C17H20FN5O2/c1-22-4-2-3-14(22)16(24)19-5-11-10-25-15-9-23(8-13(11)15)17-20-6-12(18)7-21-17/h2-4,6-7,11,13,15H,5,8-10H2,1H3,(H,19,24)/t11-,13-,15-/m1/s1. The SMILES string of the molecule is Cn1cccc1C(=O)NC[C@@H]1CO[C@@H]2CN(c3ncc(F)cn3)C[C@H]12. The summed E-state index contributed by atoms with van der Waals surface area (Å²) in [4.78, 5) is 22.4. The van der Waals surface area contributed by atoms with Crippen LogP contribution in [0, 0.1) is 17.7 Å². The molecule has 2 fully saturated rings. The molecule has 0 saturated carbocycles. The predicted octanol–water partition coefficient (Wildman–Crippen LogP) is 0.835. The summed E-state index contributed by atoms with van der Waals surface area (Å²) in [5.74, 6) is 0.557. The van der Waals surface area contributed by atoms with Crippen LogP contribution in [0.5, 0.6) is 0 Å². The lowest BCUT2D eigenvalue weighted by Crippen LogP contribution is -2.35. The first-order chi connectivity index (χ1) is 12.1. The number of aryl methyl sites for hydroxylation is 1. The molecule has 0 radical (unpaired) electrons. The van der Waals surface area contributed by atoms with E-state index >= 15 is 0 Å². The molecule has 2 saturated heterocycles. The minimum absolute atomic E-state index is 0.0762. The van der Waals surface area contributed by atoms with Crippen molar-refractivity contribution >= 4 is 11.9 Å². The molecule has 2 aliphatic heterocycles.